The van der Waals surface area contributed by atoms with E-state index in [1.54, 1.807) is 13.0 Å². The standard InChI is InChI=1S/C13H11BrN2O4/c1-7-3-4-8(12(17)18)5-10(7)20-13-15-6-9(14)11(16-13)19-2/h3-6H,1-2H3,(H,17,18). The summed E-state index contributed by atoms with van der Waals surface area (Å²) >= 11 is 3.24. The second-order valence-electron chi connectivity index (χ2n) is 3.90. The number of carbonyl (C=O) groups is 1. The van der Waals surface area contributed by atoms with Gasteiger partial charge in [-0.15, -0.1) is 0 Å². The van der Waals surface area contributed by atoms with Crippen LogP contribution in [0, 0.1) is 6.92 Å². The van der Waals surface area contributed by atoms with Crippen LogP contribution in [0.5, 0.6) is 17.6 Å². The molecular weight excluding hydrogens is 328 g/mol. The molecule has 1 aromatic carbocycles. The lowest BCUT2D eigenvalue weighted by Crippen LogP contribution is -2.00. The van der Waals surface area contributed by atoms with Gasteiger partial charge in [-0.2, -0.15) is 4.98 Å². The van der Waals surface area contributed by atoms with Crippen LogP contribution in [0.3, 0.4) is 0 Å². The van der Waals surface area contributed by atoms with E-state index in [0.29, 0.717) is 16.1 Å². The molecule has 1 N–H and O–H groups in total. The molecule has 2 aromatic rings. The van der Waals surface area contributed by atoms with E-state index in [1.165, 1.54) is 25.4 Å². The summed E-state index contributed by atoms with van der Waals surface area (Å²) in [5.41, 5.74) is 0.912. The summed E-state index contributed by atoms with van der Waals surface area (Å²) in [4.78, 5) is 19.0. The van der Waals surface area contributed by atoms with E-state index in [9.17, 15) is 4.79 Å². The molecule has 0 amide bonds. The highest BCUT2D eigenvalue weighted by atomic mass is 79.9. The number of aromatic nitrogens is 2. The minimum atomic E-state index is -1.02. The lowest BCUT2D eigenvalue weighted by molar-refractivity contribution is 0.0696. The van der Waals surface area contributed by atoms with Crippen LogP contribution in [-0.4, -0.2) is 28.2 Å². The van der Waals surface area contributed by atoms with E-state index in [-0.39, 0.29) is 11.6 Å². The Morgan fingerprint density at radius 2 is 2.15 bits per heavy atom. The fourth-order valence-electron chi connectivity index (χ4n) is 1.47. The maximum Gasteiger partial charge on any atom is 0.335 e. The first-order valence-corrected chi connectivity index (χ1v) is 6.39. The summed E-state index contributed by atoms with van der Waals surface area (Å²) < 4.78 is 11.2. The summed E-state index contributed by atoms with van der Waals surface area (Å²) in [7, 11) is 1.48. The molecule has 0 unspecified atom stereocenters. The van der Waals surface area contributed by atoms with Gasteiger partial charge in [0.25, 0.3) is 0 Å². The van der Waals surface area contributed by atoms with Gasteiger partial charge in [-0.25, -0.2) is 9.78 Å². The molecule has 104 valence electrons. The largest absolute Gasteiger partial charge is 0.480 e. The molecule has 1 aromatic heterocycles. The summed E-state index contributed by atoms with van der Waals surface area (Å²) in [6, 6.07) is 4.67. The van der Waals surface area contributed by atoms with Crippen molar-refractivity contribution >= 4 is 21.9 Å². The van der Waals surface area contributed by atoms with Crippen molar-refractivity contribution in [1.82, 2.24) is 9.97 Å². The molecule has 0 saturated heterocycles. The molecule has 0 spiro atoms. The normalized spacial score (nSPS) is 10.2. The van der Waals surface area contributed by atoms with Crippen molar-refractivity contribution in [3.05, 3.63) is 40.0 Å². The van der Waals surface area contributed by atoms with Crippen molar-refractivity contribution in [2.45, 2.75) is 6.92 Å². The van der Waals surface area contributed by atoms with Crippen LogP contribution >= 0.6 is 15.9 Å². The molecule has 0 radical (unpaired) electrons. The van der Waals surface area contributed by atoms with E-state index in [4.69, 9.17) is 14.6 Å². The van der Waals surface area contributed by atoms with Crippen LogP contribution in [0.25, 0.3) is 0 Å². The number of halogens is 1. The van der Waals surface area contributed by atoms with Crippen molar-refractivity contribution < 1.29 is 19.4 Å². The topological polar surface area (TPSA) is 81.5 Å². The second-order valence-corrected chi connectivity index (χ2v) is 4.75. The second kappa shape index (κ2) is 5.87. The summed E-state index contributed by atoms with van der Waals surface area (Å²) in [6.07, 6.45) is 1.50. The first kappa shape index (κ1) is 14.3. The Morgan fingerprint density at radius 1 is 1.40 bits per heavy atom. The van der Waals surface area contributed by atoms with E-state index in [2.05, 4.69) is 25.9 Å². The number of nitrogens with zero attached hydrogens (tertiary/aromatic N) is 2. The summed E-state index contributed by atoms with van der Waals surface area (Å²) in [6.45, 7) is 1.80. The zero-order valence-corrected chi connectivity index (χ0v) is 12.3. The molecule has 0 fully saturated rings. The van der Waals surface area contributed by atoms with Crippen LogP contribution in [0.4, 0.5) is 0 Å². The Bertz CT molecular complexity index is 661. The highest BCUT2D eigenvalue weighted by molar-refractivity contribution is 9.10. The Kier molecular flexibility index (Phi) is 4.19. The van der Waals surface area contributed by atoms with Gasteiger partial charge >= 0.3 is 12.0 Å². The molecule has 0 aliphatic heterocycles. The minimum absolute atomic E-state index is 0.0793. The average Bonchev–Trinajstić information content (AvgIpc) is 2.43. The van der Waals surface area contributed by atoms with Gasteiger partial charge in [-0.3, -0.25) is 0 Å². The monoisotopic (exact) mass is 338 g/mol. The molecule has 7 heteroatoms. The van der Waals surface area contributed by atoms with Gasteiger partial charge in [-0.05, 0) is 40.5 Å². The highest BCUT2D eigenvalue weighted by Crippen LogP contribution is 2.27. The van der Waals surface area contributed by atoms with Crippen LogP contribution in [0.1, 0.15) is 15.9 Å². The van der Waals surface area contributed by atoms with Crippen molar-refractivity contribution in [1.29, 1.82) is 0 Å². The van der Waals surface area contributed by atoms with Gasteiger partial charge in [0.2, 0.25) is 5.88 Å². The molecule has 1 heterocycles. The average molecular weight is 339 g/mol. The van der Waals surface area contributed by atoms with Crippen molar-refractivity contribution in [3.63, 3.8) is 0 Å². The van der Waals surface area contributed by atoms with E-state index in [0.717, 1.165) is 5.56 Å². The third kappa shape index (κ3) is 3.05. The number of carboxylic acid groups (broad SMARTS) is 1. The fourth-order valence-corrected chi connectivity index (χ4v) is 1.82. The highest BCUT2D eigenvalue weighted by Gasteiger charge is 2.11. The van der Waals surface area contributed by atoms with Crippen molar-refractivity contribution in [3.8, 4) is 17.6 Å². The molecule has 0 saturated carbocycles. The molecule has 0 aliphatic carbocycles. The van der Waals surface area contributed by atoms with Crippen molar-refractivity contribution in [2.75, 3.05) is 7.11 Å². The number of methoxy groups -OCH3 is 1. The predicted octanol–water partition coefficient (Wildman–Crippen LogP) is 3.05. The maximum atomic E-state index is 10.9. The SMILES string of the molecule is COc1nc(Oc2cc(C(=O)O)ccc2C)ncc1Br. The number of hydrogen-bond acceptors (Lipinski definition) is 5. The molecule has 2 rings (SSSR count). The molecule has 6 nitrogen and oxygen atoms in total. The zero-order valence-electron chi connectivity index (χ0n) is 10.8. The van der Waals surface area contributed by atoms with Gasteiger partial charge < -0.3 is 14.6 Å². The van der Waals surface area contributed by atoms with Crippen LogP contribution in [-0.2, 0) is 0 Å². The number of rotatable bonds is 4. The Morgan fingerprint density at radius 3 is 2.80 bits per heavy atom. The summed E-state index contributed by atoms with van der Waals surface area (Å²) in [5.74, 6) is -0.305. The maximum absolute atomic E-state index is 10.9. The van der Waals surface area contributed by atoms with Crippen LogP contribution in [0.15, 0.2) is 28.9 Å². The minimum Gasteiger partial charge on any atom is -0.480 e. The number of ether oxygens (including phenoxy) is 2. The Balaban J connectivity index is 2.34. The van der Waals surface area contributed by atoms with E-state index in [1.807, 2.05) is 0 Å². The first-order valence-electron chi connectivity index (χ1n) is 5.59. The quantitative estimate of drug-likeness (QED) is 0.922. The van der Waals surface area contributed by atoms with Gasteiger partial charge in [0.05, 0.1) is 23.3 Å². The lowest BCUT2D eigenvalue weighted by Gasteiger charge is -2.09. The molecule has 0 aliphatic rings. The fraction of sp³-hybridized carbons (Fsp3) is 0.154. The van der Waals surface area contributed by atoms with Gasteiger partial charge in [0.1, 0.15) is 5.75 Å². The third-order valence-corrected chi connectivity index (χ3v) is 3.06. The number of benzene rings is 1. The molecule has 0 atom stereocenters. The third-order valence-electron chi connectivity index (χ3n) is 2.52. The first-order chi connectivity index (χ1) is 9.51. The zero-order chi connectivity index (χ0) is 14.7. The smallest absolute Gasteiger partial charge is 0.335 e. The van der Waals surface area contributed by atoms with Gasteiger partial charge in [-0.1, -0.05) is 6.07 Å². The lowest BCUT2D eigenvalue weighted by atomic mass is 10.1. The number of aromatic carboxylic acids is 1. The summed E-state index contributed by atoms with van der Waals surface area (Å²) in [5, 5.41) is 8.97. The van der Waals surface area contributed by atoms with E-state index >= 15 is 0 Å². The number of aryl methyl sites for hydroxylation is 1. The molecule has 20 heavy (non-hydrogen) atoms. The van der Waals surface area contributed by atoms with Crippen LogP contribution < -0.4 is 9.47 Å². The number of carboxylic acids is 1. The molecule has 0 bridgehead atoms. The van der Waals surface area contributed by atoms with Gasteiger partial charge in [0.15, 0.2) is 0 Å². The van der Waals surface area contributed by atoms with Crippen molar-refractivity contribution in [2.24, 2.45) is 0 Å². The Labute approximate surface area is 123 Å². The van der Waals surface area contributed by atoms with Gasteiger partial charge in [0, 0.05) is 0 Å². The Hall–Kier alpha value is -2.15. The van der Waals surface area contributed by atoms with Crippen LogP contribution in [0.2, 0.25) is 0 Å². The predicted molar refractivity (Wildman–Crippen MR) is 74.5 cm³/mol. The number of hydrogen-bond donors (Lipinski definition) is 1. The molecular formula is C13H11BrN2O4. The van der Waals surface area contributed by atoms with E-state index < -0.39 is 5.97 Å².